The lowest BCUT2D eigenvalue weighted by atomic mass is 9.84. The molecule has 13 heavy (non-hydrogen) atoms. The van der Waals surface area contributed by atoms with Gasteiger partial charge in [0.05, 0.1) is 5.92 Å². The molecule has 74 valence electrons. The summed E-state index contributed by atoms with van der Waals surface area (Å²) in [4.78, 5) is 21.8. The number of hydrogen-bond donors (Lipinski definition) is 0. The zero-order valence-electron chi connectivity index (χ0n) is 8.32. The fourth-order valence-electron chi connectivity index (χ4n) is 1.86. The van der Waals surface area contributed by atoms with Crippen LogP contribution in [0, 0.1) is 17.8 Å². The van der Waals surface area contributed by atoms with Crippen LogP contribution in [-0.4, -0.2) is 18.4 Å². The third kappa shape index (κ3) is 2.08. The highest BCUT2D eigenvalue weighted by Crippen LogP contribution is 2.29. The predicted octanol–water partition coefficient (Wildman–Crippen LogP) is 1.41. The summed E-state index contributed by atoms with van der Waals surface area (Å²) in [5, 5.41) is 0. The van der Waals surface area contributed by atoms with Crippen LogP contribution in [0.2, 0.25) is 0 Å². The average molecular weight is 184 g/mol. The Hall–Kier alpha value is -0.860. The van der Waals surface area contributed by atoms with Gasteiger partial charge < -0.3 is 9.53 Å². The average Bonchev–Trinajstić information content (AvgIpc) is 2.10. The van der Waals surface area contributed by atoms with E-state index in [-0.39, 0.29) is 29.8 Å². The normalized spacial score (nSPS) is 36.5. The summed E-state index contributed by atoms with van der Waals surface area (Å²) in [6, 6.07) is 0. The number of rotatable bonds is 2. The second-order valence-corrected chi connectivity index (χ2v) is 4.01. The lowest BCUT2D eigenvalue weighted by Crippen LogP contribution is -2.40. The highest BCUT2D eigenvalue weighted by atomic mass is 16.5. The van der Waals surface area contributed by atoms with Crippen molar-refractivity contribution in [3.63, 3.8) is 0 Å². The van der Waals surface area contributed by atoms with Crippen molar-refractivity contribution in [1.82, 2.24) is 0 Å². The number of ether oxygens (including phenoxy) is 1. The topological polar surface area (TPSA) is 43.4 Å². The Kier molecular flexibility index (Phi) is 3.07. The molecule has 4 atom stereocenters. The first-order valence-corrected chi connectivity index (χ1v) is 4.72. The molecule has 3 heteroatoms. The highest BCUT2D eigenvalue weighted by molar-refractivity contribution is 5.73. The molecule has 0 saturated carbocycles. The monoisotopic (exact) mass is 184 g/mol. The van der Waals surface area contributed by atoms with Crippen LogP contribution in [0.25, 0.3) is 0 Å². The van der Waals surface area contributed by atoms with Crippen LogP contribution in [0.4, 0.5) is 0 Å². The maximum absolute atomic E-state index is 11.2. The number of esters is 1. The van der Waals surface area contributed by atoms with Crippen LogP contribution in [0.5, 0.6) is 0 Å². The van der Waals surface area contributed by atoms with E-state index >= 15 is 0 Å². The number of cyclic esters (lactones) is 1. The zero-order valence-corrected chi connectivity index (χ0v) is 8.32. The molecule has 1 aliphatic heterocycles. The van der Waals surface area contributed by atoms with Gasteiger partial charge in [0.2, 0.25) is 0 Å². The van der Waals surface area contributed by atoms with Crippen molar-refractivity contribution in [2.24, 2.45) is 17.8 Å². The van der Waals surface area contributed by atoms with E-state index in [0.717, 1.165) is 12.7 Å². The fraction of sp³-hybridized carbons (Fsp3) is 0.800. The van der Waals surface area contributed by atoms with Gasteiger partial charge in [0.25, 0.3) is 0 Å². The molecule has 0 aromatic carbocycles. The van der Waals surface area contributed by atoms with Crippen molar-refractivity contribution < 1.29 is 14.3 Å². The maximum atomic E-state index is 11.2. The Morgan fingerprint density at radius 3 is 2.69 bits per heavy atom. The molecule has 3 nitrogen and oxygen atoms in total. The number of carbonyl (C=O) groups is 2. The van der Waals surface area contributed by atoms with E-state index in [1.54, 1.807) is 6.92 Å². The Bertz CT molecular complexity index is 212. The molecule has 0 aliphatic carbocycles. The first-order chi connectivity index (χ1) is 6.06. The van der Waals surface area contributed by atoms with Crippen LogP contribution >= 0.6 is 0 Å². The summed E-state index contributed by atoms with van der Waals surface area (Å²) in [6.07, 6.45) is 1.45. The Balaban J connectivity index is 2.66. The minimum Gasteiger partial charge on any atom is -0.461 e. The van der Waals surface area contributed by atoms with Gasteiger partial charge in [-0.1, -0.05) is 20.8 Å². The lowest BCUT2D eigenvalue weighted by molar-refractivity contribution is -0.168. The molecule has 0 amide bonds. The zero-order chi connectivity index (χ0) is 10.0. The first kappa shape index (κ1) is 10.2. The summed E-state index contributed by atoms with van der Waals surface area (Å²) in [7, 11) is 0. The molecule has 0 aromatic rings. The predicted molar refractivity (Wildman–Crippen MR) is 48.1 cm³/mol. The largest absolute Gasteiger partial charge is 0.461 e. The SMILES string of the molecule is C[C@H](C=O)C1OC(=O)[C@@H](C)C[C@H]1C. The minimum atomic E-state index is -0.221. The van der Waals surface area contributed by atoms with E-state index < -0.39 is 0 Å². The molecule has 1 fully saturated rings. The third-order valence-electron chi connectivity index (χ3n) is 2.67. The van der Waals surface area contributed by atoms with Crippen LogP contribution in [0.15, 0.2) is 0 Å². The van der Waals surface area contributed by atoms with Gasteiger partial charge in [-0.3, -0.25) is 4.79 Å². The maximum Gasteiger partial charge on any atom is 0.308 e. The molecular formula is C10H16O3. The molecule has 1 unspecified atom stereocenters. The van der Waals surface area contributed by atoms with Crippen molar-refractivity contribution in [1.29, 1.82) is 0 Å². The van der Waals surface area contributed by atoms with Crippen molar-refractivity contribution in [3.8, 4) is 0 Å². The summed E-state index contributed by atoms with van der Waals surface area (Å²) in [6.45, 7) is 5.67. The molecule has 0 radical (unpaired) electrons. The quantitative estimate of drug-likeness (QED) is 0.481. The van der Waals surface area contributed by atoms with Crippen LogP contribution in [-0.2, 0) is 14.3 Å². The van der Waals surface area contributed by atoms with E-state index in [4.69, 9.17) is 4.74 Å². The number of hydrogen-bond acceptors (Lipinski definition) is 3. The van der Waals surface area contributed by atoms with Gasteiger partial charge in [-0.25, -0.2) is 0 Å². The third-order valence-corrected chi connectivity index (χ3v) is 2.67. The van der Waals surface area contributed by atoms with E-state index in [1.165, 1.54) is 0 Å². The van der Waals surface area contributed by atoms with E-state index in [0.29, 0.717) is 0 Å². The standard InChI is InChI=1S/C10H16O3/c1-6-4-7(2)10(12)13-9(6)8(3)5-11/h5-9H,4H2,1-3H3/t6-,7+,8-,9?/m1/s1. The van der Waals surface area contributed by atoms with Gasteiger partial charge in [-0.2, -0.15) is 0 Å². The van der Waals surface area contributed by atoms with E-state index in [9.17, 15) is 9.59 Å². The molecule has 1 heterocycles. The van der Waals surface area contributed by atoms with E-state index in [1.807, 2.05) is 13.8 Å². The number of carbonyl (C=O) groups excluding carboxylic acids is 2. The Morgan fingerprint density at radius 1 is 1.54 bits per heavy atom. The smallest absolute Gasteiger partial charge is 0.308 e. The Morgan fingerprint density at radius 2 is 2.15 bits per heavy atom. The molecule has 1 aliphatic rings. The first-order valence-electron chi connectivity index (χ1n) is 4.72. The lowest BCUT2D eigenvalue weighted by Gasteiger charge is -2.33. The van der Waals surface area contributed by atoms with Crippen LogP contribution in [0.1, 0.15) is 27.2 Å². The second-order valence-electron chi connectivity index (χ2n) is 4.01. The highest BCUT2D eigenvalue weighted by Gasteiger charge is 2.35. The molecule has 0 spiro atoms. The molecule has 1 rings (SSSR count). The summed E-state index contributed by atoms with van der Waals surface area (Å²) >= 11 is 0. The summed E-state index contributed by atoms with van der Waals surface area (Å²) < 4.78 is 5.19. The fourth-order valence-corrected chi connectivity index (χ4v) is 1.86. The van der Waals surface area contributed by atoms with Gasteiger partial charge >= 0.3 is 5.97 Å². The summed E-state index contributed by atoms with van der Waals surface area (Å²) in [5.74, 6) is -0.0961. The Labute approximate surface area is 78.5 Å². The second kappa shape index (κ2) is 3.90. The molecule has 0 N–H and O–H groups in total. The molecule has 1 saturated heterocycles. The van der Waals surface area contributed by atoms with Crippen LogP contribution < -0.4 is 0 Å². The molecule has 0 aromatic heterocycles. The van der Waals surface area contributed by atoms with Gasteiger partial charge in [0, 0.05) is 5.92 Å². The van der Waals surface area contributed by atoms with Crippen molar-refractivity contribution in [2.45, 2.75) is 33.3 Å². The van der Waals surface area contributed by atoms with Crippen LogP contribution in [0.3, 0.4) is 0 Å². The molecule has 0 bridgehead atoms. The van der Waals surface area contributed by atoms with E-state index in [2.05, 4.69) is 0 Å². The summed E-state index contributed by atoms with van der Waals surface area (Å²) in [5.41, 5.74) is 0. The van der Waals surface area contributed by atoms with Gasteiger partial charge in [0.1, 0.15) is 12.4 Å². The van der Waals surface area contributed by atoms with Gasteiger partial charge in [-0.15, -0.1) is 0 Å². The number of aldehydes is 1. The van der Waals surface area contributed by atoms with Crippen molar-refractivity contribution in [3.05, 3.63) is 0 Å². The van der Waals surface area contributed by atoms with Gasteiger partial charge in [-0.05, 0) is 12.3 Å². The molecular weight excluding hydrogens is 168 g/mol. The minimum absolute atomic E-state index is 0.0231. The van der Waals surface area contributed by atoms with Crippen molar-refractivity contribution in [2.75, 3.05) is 0 Å². The van der Waals surface area contributed by atoms with Gasteiger partial charge in [0.15, 0.2) is 0 Å². The van der Waals surface area contributed by atoms with Crippen molar-refractivity contribution >= 4 is 12.3 Å².